The van der Waals surface area contributed by atoms with Gasteiger partial charge in [0.2, 0.25) is 0 Å². The lowest BCUT2D eigenvalue weighted by molar-refractivity contribution is 0.416. The maximum atomic E-state index is 5.54. The van der Waals surface area contributed by atoms with Crippen LogP contribution in [0.15, 0.2) is 61.3 Å². The van der Waals surface area contributed by atoms with Crippen LogP contribution in [0.25, 0.3) is 22.0 Å². The fourth-order valence-corrected chi connectivity index (χ4v) is 2.80. The molecule has 0 saturated heterocycles. The van der Waals surface area contributed by atoms with Crippen LogP contribution in [0.5, 0.6) is 5.75 Å². The van der Waals surface area contributed by atoms with Crippen molar-refractivity contribution in [2.24, 2.45) is 0 Å². The van der Waals surface area contributed by atoms with Gasteiger partial charge in [0, 0.05) is 17.3 Å². The number of benzene rings is 2. The monoisotopic (exact) mass is 304 g/mol. The van der Waals surface area contributed by atoms with Gasteiger partial charge < -0.3 is 9.72 Å². The summed E-state index contributed by atoms with van der Waals surface area (Å²) in [4.78, 5) is 7.20. The van der Waals surface area contributed by atoms with Crippen LogP contribution in [-0.2, 0) is 6.54 Å². The SMILES string of the molecule is COc1ccc(Cn2cncn2)cc1-c1ccc2[nH]ccc2c1. The first kappa shape index (κ1) is 13.6. The fourth-order valence-electron chi connectivity index (χ4n) is 2.80. The average Bonchev–Trinajstić information content (AvgIpc) is 3.25. The molecule has 1 N–H and O–H groups in total. The van der Waals surface area contributed by atoms with Crippen molar-refractivity contribution in [2.75, 3.05) is 7.11 Å². The number of nitrogens with zero attached hydrogens (tertiary/aromatic N) is 3. The van der Waals surface area contributed by atoms with Crippen LogP contribution in [0.3, 0.4) is 0 Å². The smallest absolute Gasteiger partial charge is 0.137 e. The fraction of sp³-hybridized carbons (Fsp3) is 0.111. The van der Waals surface area contributed by atoms with Crippen molar-refractivity contribution in [3.63, 3.8) is 0 Å². The number of H-pyrrole nitrogens is 1. The van der Waals surface area contributed by atoms with Gasteiger partial charge in [-0.05, 0) is 46.8 Å². The molecule has 0 radical (unpaired) electrons. The number of hydrogen-bond acceptors (Lipinski definition) is 3. The number of methoxy groups -OCH3 is 1. The first-order chi connectivity index (χ1) is 11.3. The molecule has 0 bridgehead atoms. The van der Waals surface area contributed by atoms with Gasteiger partial charge in [0.15, 0.2) is 0 Å². The molecule has 0 atom stereocenters. The van der Waals surface area contributed by atoms with Crippen LogP contribution in [-0.4, -0.2) is 26.9 Å². The lowest BCUT2D eigenvalue weighted by Gasteiger charge is -2.11. The molecule has 0 saturated carbocycles. The summed E-state index contributed by atoms with van der Waals surface area (Å²) < 4.78 is 7.35. The molecular formula is C18H16N4O. The highest BCUT2D eigenvalue weighted by Crippen LogP contribution is 2.32. The molecule has 5 heteroatoms. The van der Waals surface area contributed by atoms with Crippen molar-refractivity contribution in [1.82, 2.24) is 19.7 Å². The van der Waals surface area contributed by atoms with Crippen molar-refractivity contribution in [3.8, 4) is 16.9 Å². The van der Waals surface area contributed by atoms with Gasteiger partial charge in [-0.2, -0.15) is 5.10 Å². The predicted molar refractivity (Wildman–Crippen MR) is 89.4 cm³/mol. The minimum atomic E-state index is 0.684. The largest absolute Gasteiger partial charge is 0.496 e. The Morgan fingerprint density at radius 2 is 2.09 bits per heavy atom. The highest BCUT2D eigenvalue weighted by molar-refractivity contribution is 5.86. The van der Waals surface area contributed by atoms with Crippen LogP contribution < -0.4 is 4.74 Å². The van der Waals surface area contributed by atoms with Crippen LogP contribution in [0, 0.1) is 0 Å². The predicted octanol–water partition coefficient (Wildman–Crippen LogP) is 3.48. The van der Waals surface area contributed by atoms with E-state index in [0.717, 1.165) is 28.0 Å². The summed E-state index contributed by atoms with van der Waals surface area (Å²) in [6.45, 7) is 0.684. The van der Waals surface area contributed by atoms with Crippen molar-refractivity contribution in [2.45, 2.75) is 6.54 Å². The second-order valence-electron chi connectivity index (χ2n) is 5.41. The molecule has 0 aliphatic carbocycles. The number of aromatic nitrogens is 4. The maximum absolute atomic E-state index is 5.54. The van der Waals surface area contributed by atoms with Gasteiger partial charge in [-0.3, -0.25) is 0 Å². The molecule has 23 heavy (non-hydrogen) atoms. The maximum Gasteiger partial charge on any atom is 0.137 e. The first-order valence-electron chi connectivity index (χ1n) is 7.40. The van der Waals surface area contributed by atoms with Crippen LogP contribution in [0.4, 0.5) is 0 Å². The van der Waals surface area contributed by atoms with E-state index in [1.54, 1.807) is 24.4 Å². The molecule has 0 unspecified atom stereocenters. The third-order valence-corrected chi connectivity index (χ3v) is 3.94. The van der Waals surface area contributed by atoms with Gasteiger partial charge >= 0.3 is 0 Å². The topological polar surface area (TPSA) is 55.7 Å². The van der Waals surface area contributed by atoms with Gasteiger partial charge in [-0.1, -0.05) is 12.1 Å². The molecule has 2 aromatic heterocycles. The number of ether oxygens (including phenoxy) is 1. The Kier molecular flexibility index (Phi) is 3.31. The average molecular weight is 304 g/mol. The molecule has 2 heterocycles. The normalized spacial score (nSPS) is 11.0. The second-order valence-corrected chi connectivity index (χ2v) is 5.41. The number of aromatic amines is 1. The zero-order valence-electron chi connectivity index (χ0n) is 12.7. The van der Waals surface area contributed by atoms with E-state index in [0.29, 0.717) is 6.54 Å². The van der Waals surface area contributed by atoms with Crippen molar-refractivity contribution in [1.29, 1.82) is 0 Å². The number of rotatable bonds is 4. The van der Waals surface area contributed by atoms with E-state index in [4.69, 9.17) is 4.74 Å². The lowest BCUT2D eigenvalue weighted by atomic mass is 10.0. The molecule has 0 aliphatic heterocycles. The summed E-state index contributed by atoms with van der Waals surface area (Å²) in [5.41, 5.74) is 4.49. The summed E-state index contributed by atoms with van der Waals surface area (Å²) in [7, 11) is 1.70. The van der Waals surface area contributed by atoms with Gasteiger partial charge in [-0.25, -0.2) is 9.67 Å². The third-order valence-electron chi connectivity index (χ3n) is 3.94. The molecule has 5 nitrogen and oxygen atoms in total. The summed E-state index contributed by atoms with van der Waals surface area (Å²) >= 11 is 0. The zero-order valence-corrected chi connectivity index (χ0v) is 12.7. The minimum absolute atomic E-state index is 0.684. The summed E-state index contributed by atoms with van der Waals surface area (Å²) in [6, 6.07) is 14.6. The molecule has 4 rings (SSSR count). The van der Waals surface area contributed by atoms with Crippen LogP contribution in [0.1, 0.15) is 5.56 Å². The summed E-state index contributed by atoms with van der Waals surface area (Å²) in [5.74, 6) is 0.863. The zero-order chi connectivity index (χ0) is 15.6. The van der Waals surface area contributed by atoms with Crippen LogP contribution >= 0.6 is 0 Å². The van der Waals surface area contributed by atoms with Crippen LogP contribution in [0.2, 0.25) is 0 Å². The van der Waals surface area contributed by atoms with E-state index in [-0.39, 0.29) is 0 Å². The Balaban J connectivity index is 1.78. The standard InChI is InChI=1S/C18H16N4O/c1-23-18-5-2-13(10-22-12-19-11-21-22)8-16(18)14-3-4-17-15(9-14)6-7-20-17/h2-9,11-12,20H,10H2,1H3. The molecule has 0 spiro atoms. The molecule has 0 amide bonds. The Bertz CT molecular complexity index is 941. The molecule has 0 fully saturated rings. The molecule has 4 aromatic rings. The highest BCUT2D eigenvalue weighted by atomic mass is 16.5. The lowest BCUT2D eigenvalue weighted by Crippen LogP contribution is -2.00. The van der Waals surface area contributed by atoms with E-state index >= 15 is 0 Å². The summed E-state index contributed by atoms with van der Waals surface area (Å²) in [6.07, 6.45) is 5.22. The van der Waals surface area contributed by atoms with E-state index in [2.05, 4.69) is 51.5 Å². The Morgan fingerprint density at radius 3 is 2.91 bits per heavy atom. The van der Waals surface area contributed by atoms with Gasteiger partial charge in [0.25, 0.3) is 0 Å². The third kappa shape index (κ3) is 2.57. The van der Waals surface area contributed by atoms with Crippen molar-refractivity contribution < 1.29 is 4.74 Å². The minimum Gasteiger partial charge on any atom is -0.496 e. The van der Waals surface area contributed by atoms with Crippen molar-refractivity contribution in [3.05, 3.63) is 66.9 Å². The number of hydrogen-bond donors (Lipinski definition) is 1. The second kappa shape index (κ2) is 5.61. The first-order valence-corrected chi connectivity index (χ1v) is 7.40. The van der Waals surface area contributed by atoms with E-state index < -0.39 is 0 Å². The van der Waals surface area contributed by atoms with Gasteiger partial charge in [-0.15, -0.1) is 0 Å². The Labute approximate surface area is 133 Å². The van der Waals surface area contributed by atoms with E-state index in [1.165, 1.54) is 5.39 Å². The summed E-state index contributed by atoms with van der Waals surface area (Å²) in [5, 5.41) is 5.35. The number of fused-ring (bicyclic) bond motifs is 1. The quantitative estimate of drug-likeness (QED) is 0.628. The Hall–Kier alpha value is -3.08. The van der Waals surface area contributed by atoms with E-state index in [9.17, 15) is 0 Å². The highest BCUT2D eigenvalue weighted by Gasteiger charge is 2.09. The molecule has 2 aromatic carbocycles. The molecule has 0 aliphatic rings. The Morgan fingerprint density at radius 1 is 1.13 bits per heavy atom. The van der Waals surface area contributed by atoms with Crippen molar-refractivity contribution >= 4 is 10.9 Å². The van der Waals surface area contributed by atoms with Gasteiger partial charge in [0.1, 0.15) is 18.4 Å². The molecular weight excluding hydrogens is 288 g/mol. The number of nitrogens with one attached hydrogen (secondary N) is 1. The van der Waals surface area contributed by atoms with Gasteiger partial charge in [0.05, 0.1) is 13.7 Å². The molecule has 114 valence electrons. The van der Waals surface area contributed by atoms with E-state index in [1.807, 2.05) is 12.3 Å².